The summed E-state index contributed by atoms with van der Waals surface area (Å²) in [4.78, 5) is 2.50. The monoisotopic (exact) mass is 204 g/mol. The third kappa shape index (κ3) is 1.86. The van der Waals surface area contributed by atoms with Crippen molar-refractivity contribution in [3.63, 3.8) is 0 Å². The minimum atomic E-state index is 0.182. The number of anilines is 1. The molecule has 0 atom stereocenters. The Kier molecular flexibility index (Phi) is 2.70. The lowest BCUT2D eigenvalue weighted by atomic mass is 9.98. The normalized spacial score (nSPS) is 15.5. The minimum absolute atomic E-state index is 0.182. The van der Waals surface area contributed by atoms with Crippen LogP contribution in [0, 0.1) is 0 Å². The molecule has 2 rings (SSSR count). The van der Waals surface area contributed by atoms with Gasteiger partial charge in [0.25, 0.3) is 0 Å². The zero-order chi connectivity index (χ0) is 10.9. The summed E-state index contributed by atoms with van der Waals surface area (Å²) in [7, 11) is 0. The molecular weight excluding hydrogens is 184 g/mol. The van der Waals surface area contributed by atoms with Crippen molar-refractivity contribution in [1.29, 1.82) is 0 Å². The molecule has 1 heterocycles. The van der Waals surface area contributed by atoms with Gasteiger partial charge in [0.05, 0.1) is 0 Å². The fraction of sp³-hybridized carbons (Fsp3) is 0.538. The number of hydrogen-bond donors (Lipinski definition) is 1. The third-order valence-electron chi connectivity index (χ3n) is 3.37. The highest BCUT2D eigenvalue weighted by Gasteiger charge is 2.30. The Morgan fingerprint density at radius 3 is 2.80 bits per heavy atom. The molecule has 2 nitrogen and oxygen atoms in total. The third-order valence-corrected chi connectivity index (χ3v) is 3.37. The Morgan fingerprint density at radius 1 is 1.33 bits per heavy atom. The molecule has 1 aromatic rings. The van der Waals surface area contributed by atoms with Gasteiger partial charge < -0.3 is 10.6 Å². The maximum atomic E-state index is 5.68. The highest BCUT2D eigenvalue weighted by Crippen LogP contribution is 2.34. The first-order valence-electron chi connectivity index (χ1n) is 5.71. The fourth-order valence-corrected chi connectivity index (χ4v) is 2.46. The van der Waals surface area contributed by atoms with E-state index >= 15 is 0 Å². The molecule has 15 heavy (non-hydrogen) atoms. The second-order valence-electron chi connectivity index (χ2n) is 4.88. The Hall–Kier alpha value is -1.02. The molecule has 1 aliphatic rings. The quantitative estimate of drug-likeness (QED) is 0.817. The lowest BCUT2D eigenvalue weighted by molar-refractivity contribution is 0.442. The first-order chi connectivity index (χ1) is 7.15. The maximum Gasteiger partial charge on any atom is 0.0403 e. The van der Waals surface area contributed by atoms with E-state index in [2.05, 4.69) is 43.0 Å². The van der Waals surface area contributed by atoms with Crippen LogP contribution >= 0.6 is 0 Å². The summed E-state index contributed by atoms with van der Waals surface area (Å²) in [5, 5.41) is 0. The smallest absolute Gasteiger partial charge is 0.0403 e. The van der Waals surface area contributed by atoms with Gasteiger partial charge in [-0.2, -0.15) is 0 Å². The molecule has 2 heteroatoms. The molecule has 0 radical (unpaired) electrons. The van der Waals surface area contributed by atoms with Crippen LogP contribution in [0.5, 0.6) is 0 Å². The van der Waals surface area contributed by atoms with Crippen LogP contribution in [0.25, 0.3) is 0 Å². The molecule has 1 aromatic carbocycles. The van der Waals surface area contributed by atoms with Crippen molar-refractivity contribution in [3.8, 4) is 0 Å². The molecule has 1 aliphatic heterocycles. The van der Waals surface area contributed by atoms with Crippen LogP contribution in [0.15, 0.2) is 24.3 Å². The summed E-state index contributed by atoms with van der Waals surface area (Å²) in [5.74, 6) is 0. The van der Waals surface area contributed by atoms with Crippen molar-refractivity contribution >= 4 is 5.69 Å². The van der Waals surface area contributed by atoms with E-state index in [1.54, 1.807) is 0 Å². The maximum absolute atomic E-state index is 5.68. The molecule has 0 bridgehead atoms. The Labute approximate surface area is 92.1 Å². The van der Waals surface area contributed by atoms with Crippen molar-refractivity contribution in [2.45, 2.75) is 32.2 Å². The van der Waals surface area contributed by atoms with E-state index < -0.39 is 0 Å². The molecule has 2 N–H and O–H groups in total. The van der Waals surface area contributed by atoms with Crippen molar-refractivity contribution in [2.24, 2.45) is 5.73 Å². The van der Waals surface area contributed by atoms with Gasteiger partial charge in [-0.25, -0.2) is 0 Å². The average Bonchev–Trinajstić information content (AvgIpc) is 2.61. The number of nitrogens with two attached hydrogens (primary N) is 1. The first kappa shape index (κ1) is 10.5. The van der Waals surface area contributed by atoms with Gasteiger partial charge >= 0.3 is 0 Å². The number of rotatable bonds is 3. The molecule has 0 saturated heterocycles. The van der Waals surface area contributed by atoms with Gasteiger partial charge in [-0.05, 0) is 44.9 Å². The molecule has 0 unspecified atom stereocenters. The van der Waals surface area contributed by atoms with E-state index in [9.17, 15) is 0 Å². The summed E-state index contributed by atoms with van der Waals surface area (Å²) in [6.45, 7) is 6.45. The van der Waals surface area contributed by atoms with Crippen LogP contribution < -0.4 is 10.6 Å². The van der Waals surface area contributed by atoms with Crippen molar-refractivity contribution < 1.29 is 0 Å². The van der Waals surface area contributed by atoms with Crippen LogP contribution in [0.3, 0.4) is 0 Å². The zero-order valence-electron chi connectivity index (χ0n) is 9.66. The summed E-state index contributed by atoms with van der Waals surface area (Å²) < 4.78 is 0. The summed E-state index contributed by atoms with van der Waals surface area (Å²) >= 11 is 0. The van der Waals surface area contributed by atoms with Crippen LogP contribution in [-0.4, -0.2) is 18.6 Å². The van der Waals surface area contributed by atoms with Crippen LogP contribution in [-0.2, 0) is 6.42 Å². The zero-order valence-corrected chi connectivity index (χ0v) is 9.66. The standard InChI is InChI=1S/C13H20N2/c1-13(2,8-9-14)15-10-7-11-5-3-4-6-12(11)15/h3-6H,7-10,14H2,1-2H3. The van der Waals surface area contributed by atoms with Crippen molar-refractivity contribution in [3.05, 3.63) is 29.8 Å². The van der Waals surface area contributed by atoms with Crippen LogP contribution in [0.4, 0.5) is 5.69 Å². The molecular formula is C13H20N2. The number of para-hydroxylation sites is 1. The molecule has 82 valence electrons. The lowest BCUT2D eigenvalue weighted by Gasteiger charge is -2.37. The predicted octanol–water partition coefficient (Wildman–Crippen LogP) is 2.18. The molecule has 0 aliphatic carbocycles. The topological polar surface area (TPSA) is 29.3 Å². The second-order valence-corrected chi connectivity index (χ2v) is 4.88. The van der Waals surface area contributed by atoms with Crippen LogP contribution in [0.1, 0.15) is 25.8 Å². The average molecular weight is 204 g/mol. The fourth-order valence-electron chi connectivity index (χ4n) is 2.46. The number of nitrogens with zero attached hydrogens (tertiary/aromatic N) is 1. The Morgan fingerprint density at radius 2 is 2.07 bits per heavy atom. The van der Waals surface area contributed by atoms with Crippen molar-refractivity contribution in [1.82, 2.24) is 0 Å². The Balaban J connectivity index is 2.27. The van der Waals surface area contributed by atoms with Gasteiger partial charge in [0.2, 0.25) is 0 Å². The molecule has 0 aromatic heterocycles. The van der Waals surface area contributed by atoms with E-state index in [1.807, 2.05) is 0 Å². The summed E-state index contributed by atoms with van der Waals surface area (Å²) in [6.07, 6.45) is 2.21. The van der Waals surface area contributed by atoms with Gasteiger partial charge in [0.15, 0.2) is 0 Å². The van der Waals surface area contributed by atoms with E-state index in [1.165, 1.54) is 17.7 Å². The van der Waals surface area contributed by atoms with Gasteiger partial charge in [-0.3, -0.25) is 0 Å². The largest absolute Gasteiger partial charge is 0.366 e. The second kappa shape index (κ2) is 3.86. The minimum Gasteiger partial charge on any atom is -0.366 e. The highest BCUT2D eigenvalue weighted by atomic mass is 15.2. The van der Waals surface area contributed by atoms with E-state index in [4.69, 9.17) is 5.73 Å². The Bertz CT molecular complexity index is 344. The highest BCUT2D eigenvalue weighted by molar-refractivity contribution is 5.59. The number of fused-ring (bicyclic) bond motifs is 1. The van der Waals surface area contributed by atoms with E-state index in [0.29, 0.717) is 0 Å². The first-order valence-corrected chi connectivity index (χ1v) is 5.71. The van der Waals surface area contributed by atoms with Crippen molar-refractivity contribution in [2.75, 3.05) is 18.0 Å². The molecule has 0 saturated carbocycles. The van der Waals surface area contributed by atoms with E-state index in [-0.39, 0.29) is 5.54 Å². The van der Waals surface area contributed by atoms with Gasteiger partial charge in [-0.15, -0.1) is 0 Å². The SMILES string of the molecule is CC(C)(CCN)N1CCc2ccccc21. The van der Waals surface area contributed by atoms with Crippen LogP contribution in [0.2, 0.25) is 0 Å². The predicted molar refractivity (Wildman–Crippen MR) is 65.2 cm³/mol. The van der Waals surface area contributed by atoms with Gasteiger partial charge in [-0.1, -0.05) is 18.2 Å². The number of benzene rings is 1. The molecule has 0 spiro atoms. The molecule has 0 amide bonds. The lowest BCUT2D eigenvalue weighted by Crippen LogP contribution is -2.44. The van der Waals surface area contributed by atoms with Gasteiger partial charge in [0, 0.05) is 17.8 Å². The molecule has 0 fully saturated rings. The summed E-state index contributed by atoms with van der Waals surface area (Å²) in [5.41, 5.74) is 8.73. The van der Waals surface area contributed by atoms with E-state index in [0.717, 1.165) is 19.5 Å². The summed E-state index contributed by atoms with van der Waals surface area (Å²) in [6, 6.07) is 8.70. The number of hydrogen-bond acceptors (Lipinski definition) is 2. The van der Waals surface area contributed by atoms with Gasteiger partial charge in [0.1, 0.15) is 0 Å².